The van der Waals surface area contributed by atoms with Gasteiger partial charge in [-0.05, 0) is 56.4 Å². The molecule has 0 radical (unpaired) electrons. The Hall–Kier alpha value is -3.07. The molecule has 0 bridgehead atoms. The van der Waals surface area contributed by atoms with Gasteiger partial charge in [-0.1, -0.05) is 32.1 Å². The molecule has 1 fully saturated rings. The number of nitrogens with zero attached hydrogens (tertiary/aromatic N) is 2. The van der Waals surface area contributed by atoms with Crippen LogP contribution in [-0.2, 0) is 11.2 Å². The van der Waals surface area contributed by atoms with Crippen molar-refractivity contribution >= 4 is 29.2 Å². The van der Waals surface area contributed by atoms with Crippen molar-refractivity contribution in [2.75, 3.05) is 29.1 Å². The van der Waals surface area contributed by atoms with Crippen molar-refractivity contribution in [1.29, 1.82) is 0 Å². The summed E-state index contributed by atoms with van der Waals surface area (Å²) in [6.45, 7) is 1.53. The van der Waals surface area contributed by atoms with Gasteiger partial charge in [-0.25, -0.2) is 5.48 Å². The van der Waals surface area contributed by atoms with Gasteiger partial charge in [0.2, 0.25) is 11.9 Å². The van der Waals surface area contributed by atoms with Crippen molar-refractivity contribution in [3.63, 3.8) is 0 Å². The zero-order chi connectivity index (χ0) is 23.6. The van der Waals surface area contributed by atoms with E-state index in [0.29, 0.717) is 25.0 Å². The number of fused-ring (bicyclic) bond motifs is 1. The Morgan fingerprint density at radius 3 is 2.65 bits per heavy atom. The normalized spacial score (nSPS) is 15.3. The fraction of sp³-hybridized carbons (Fsp3) is 0.560. The van der Waals surface area contributed by atoms with Gasteiger partial charge in [0, 0.05) is 30.3 Å². The van der Waals surface area contributed by atoms with Crippen LogP contribution in [0.2, 0.25) is 0 Å². The number of nitrogens with one attached hydrogen (secondary N) is 4. The summed E-state index contributed by atoms with van der Waals surface area (Å²) in [6, 6.07) is 8.33. The molecule has 0 unspecified atom stereocenters. The van der Waals surface area contributed by atoms with Crippen LogP contribution >= 0.6 is 0 Å². The van der Waals surface area contributed by atoms with Gasteiger partial charge < -0.3 is 20.7 Å². The molecule has 0 atom stereocenters. The maximum atomic E-state index is 11.0. The van der Waals surface area contributed by atoms with E-state index in [0.717, 1.165) is 61.7 Å². The van der Waals surface area contributed by atoms with Crippen molar-refractivity contribution in [3.05, 3.63) is 29.8 Å². The van der Waals surface area contributed by atoms with Gasteiger partial charge in [-0.15, -0.1) is 0 Å². The predicted octanol–water partition coefficient (Wildman–Crippen LogP) is 4.77. The fourth-order valence-electron chi connectivity index (χ4n) is 4.54. The van der Waals surface area contributed by atoms with E-state index in [4.69, 9.17) is 14.9 Å². The SMILES string of the molecule is O=C(CCCCCCOc1ccc(Nc2nc3c(c(NC4CCCCC4)n2)CCN3)cc1)NO. The molecule has 184 valence electrons. The van der Waals surface area contributed by atoms with Gasteiger partial charge in [0.05, 0.1) is 6.61 Å². The number of unbranched alkanes of at least 4 members (excludes halogenated alkanes) is 3. The van der Waals surface area contributed by atoms with Crippen LogP contribution in [0.4, 0.5) is 23.3 Å². The zero-order valence-corrected chi connectivity index (χ0v) is 19.7. The van der Waals surface area contributed by atoms with Crippen molar-refractivity contribution in [1.82, 2.24) is 15.4 Å². The van der Waals surface area contributed by atoms with Crippen molar-refractivity contribution in [2.45, 2.75) is 76.7 Å². The van der Waals surface area contributed by atoms with Gasteiger partial charge in [0.15, 0.2) is 0 Å². The van der Waals surface area contributed by atoms with E-state index < -0.39 is 0 Å². The van der Waals surface area contributed by atoms with Gasteiger partial charge >= 0.3 is 0 Å². The number of hydrogen-bond acceptors (Lipinski definition) is 8. The standard InChI is InChI=1S/C25H36N6O3/c32-22(31-33)10-6-1-2-7-17-34-20-13-11-19(12-14-20)28-25-29-23-21(15-16-26-23)24(30-25)27-18-8-4-3-5-9-18/h11-14,18,33H,1-10,15-17H2,(H,31,32)(H3,26,27,28,29,30). The zero-order valence-electron chi connectivity index (χ0n) is 19.7. The summed E-state index contributed by atoms with van der Waals surface area (Å²) in [5.41, 5.74) is 3.76. The first-order chi connectivity index (χ1) is 16.7. The second-order valence-electron chi connectivity index (χ2n) is 9.08. The van der Waals surface area contributed by atoms with Crippen LogP contribution in [0.15, 0.2) is 24.3 Å². The summed E-state index contributed by atoms with van der Waals surface area (Å²) < 4.78 is 5.83. The summed E-state index contributed by atoms with van der Waals surface area (Å²) in [5.74, 6) is 2.97. The third-order valence-corrected chi connectivity index (χ3v) is 6.42. The van der Waals surface area contributed by atoms with E-state index in [9.17, 15) is 4.79 Å². The minimum atomic E-state index is -0.330. The topological polar surface area (TPSA) is 120 Å². The van der Waals surface area contributed by atoms with Crippen LogP contribution in [-0.4, -0.2) is 40.3 Å². The number of rotatable bonds is 12. The monoisotopic (exact) mass is 468 g/mol. The number of ether oxygens (including phenoxy) is 1. The fourth-order valence-corrected chi connectivity index (χ4v) is 4.54. The van der Waals surface area contributed by atoms with Gasteiger partial charge in [-0.3, -0.25) is 10.0 Å². The van der Waals surface area contributed by atoms with Crippen LogP contribution in [0, 0.1) is 0 Å². The second kappa shape index (κ2) is 12.4. The number of carbonyl (C=O) groups excluding carboxylic acids is 1. The molecule has 2 aliphatic rings. The average Bonchev–Trinajstić information content (AvgIpc) is 3.34. The lowest BCUT2D eigenvalue weighted by atomic mass is 9.95. The molecule has 1 aromatic carbocycles. The molecular weight excluding hydrogens is 432 g/mol. The van der Waals surface area contributed by atoms with Gasteiger partial charge in [-0.2, -0.15) is 9.97 Å². The van der Waals surface area contributed by atoms with Crippen molar-refractivity contribution in [3.8, 4) is 5.75 Å². The second-order valence-corrected chi connectivity index (χ2v) is 9.08. The molecular formula is C25H36N6O3. The molecule has 0 saturated heterocycles. The summed E-state index contributed by atoms with van der Waals surface area (Å²) in [5, 5.41) is 18.9. The van der Waals surface area contributed by atoms with Crippen LogP contribution in [0.3, 0.4) is 0 Å². The molecule has 5 N–H and O–H groups in total. The number of carbonyl (C=O) groups is 1. The first kappa shape index (κ1) is 24.1. The largest absolute Gasteiger partial charge is 0.494 e. The quantitative estimate of drug-likeness (QED) is 0.172. The summed E-state index contributed by atoms with van der Waals surface area (Å²) >= 11 is 0. The minimum Gasteiger partial charge on any atom is -0.494 e. The van der Waals surface area contributed by atoms with E-state index in [2.05, 4.69) is 20.9 Å². The lowest BCUT2D eigenvalue weighted by molar-refractivity contribution is -0.129. The predicted molar refractivity (Wildman–Crippen MR) is 133 cm³/mol. The number of hydrogen-bond donors (Lipinski definition) is 5. The molecule has 34 heavy (non-hydrogen) atoms. The Kier molecular flexibility index (Phi) is 8.78. The van der Waals surface area contributed by atoms with Crippen LogP contribution in [0.1, 0.15) is 69.8 Å². The third-order valence-electron chi connectivity index (χ3n) is 6.42. The maximum absolute atomic E-state index is 11.0. The lowest BCUT2D eigenvalue weighted by Crippen LogP contribution is -2.23. The highest BCUT2D eigenvalue weighted by Gasteiger charge is 2.22. The van der Waals surface area contributed by atoms with E-state index in [1.165, 1.54) is 37.7 Å². The van der Waals surface area contributed by atoms with Gasteiger partial charge in [0.25, 0.3) is 0 Å². The van der Waals surface area contributed by atoms with E-state index >= 15 is 0 Å². The smallest absolute Gasteiger partial charge is 0.243 e. The van der Waals surface area contributed by atoms with E-state index in [1.54, 1.807) is 5.48 Å². The van der Waals surface area contributed by atoms with Crippen LogP contribution in [0.5, 0.6) is 5.75 Å². The molecule has 1 aliphatic heterocycles. The molecule has 4 rings (SSSR count). The number of anilines is 4. The number of benzene rings is 1. The van der Waals surface area contributed by atoms with Crippen LogP contribution in [0.25, 0.3) is 0 Å². The molecule has 2 aromatic rings. The molecule has 1 aliphatic carbocycles. The third kappa shape index (κ3) is 6.96. The van der Waals surface area contributed by atoms with Crippen LogP contribution < -0.4 is 26.2 Å². The Bertz CT molecular complexity index is 931. The Balaban J connectivity index is 1.26. The van der Waals surface area contributed by atoms with Gasteiger partial charge in [0.1, 0.15) is 17.4 Å². The molecule has 9 heteroatoms. The maximum Gasteiger partial charge on any atom is 0.243 e. The molecule has 1 saturated carbocycles. The number of amides is 1. The van der Waals surface area contributed by atoms with Crippen molar-refractivity contribution in [2.24, 2.45) is 0 Å². The van der Waals surface area contributed by atoms with Crippen molar-refractivity contribution < 1.29 is 14.7 Å². The molecule has 9 nitrogen and oxygen atoms in total. The summed E-state index contributed by atoms with van der Waals surface area (Å²) in [4.78, 5) is 20.5. The molecule has 2 heterocycles. The Labute approximate surface area is 201 Å². The summed E-state index contributed by atoms with van der Waals surface area (Å²) in [7, 11) is 0. The highest BCUT2D eigenvalue weighted by Crippen LogP contribution is 2.31. The Morgan fingerprint density at radius 1 is 1.06 bits per heavy atom. The number of hydroxylamine groups is 1. The van der Waals surface area contributed by atoms with E-state index in [-0.39, 0.29) is 5.91 Å². The molecule has 1 aromatic heterocycles. The highest BCUT2D eigenvalue weighted by atomic mass is 16.5. The first-order valence-corrected chi connectivity index (χ1v) is 12.6. The molecule has 0 spiro atoms. The number of aromatic nitrogens is 2. The summed E-state index contributed by atoms with van der Waals surface area (Å²) in [6.07, 6.45) is 11.2. The first-order valence-electron chi connectivity index (χ1n) is 12.6. The highest BCUT2D eigenvalue weighted by molar-refractivity contribution is 5.74. The Morgan fingerprint density at radius 2 is 1.85 bits per heavy atom. The minimum absolute atomic E-state index is 0.330. The molecule has 1 amide bonds. The average molecular weight is 469 g/mol. The lowest BCUT2D eigenvalue weighted by Gasteiger charge is -2.24. The van der Waals surface area contributed by atoms with E-state index in [1.807, 2.05) is 24.3 Å².